The SMILES string of the molecule is COC(=O)[C@H](Cc1cnc[nH]1)NC(=O)C1CC2CC2C1. The van der Waals surface area contributed by atoms with Gasteiger partial charge in [-0.15, -0.1) is 0 Å². The second kappa shape index (κ2) is 5.26. The van der Waals surface area contributed by atoms with Crippen LogP contribution in [0.5, 0.6) is 0 Å². The molecule has 1 heterocycles. The Labute approximate surface area is 117 Å². The molecule has 0 saturated heterocycles. The zero-order chi connectivity index (χ0) is 14.1. The van der Waals surface area contributed by atoms with Gasteiger partial charge in [0.2, 0.25) is 5.91 Å². The molecule has 2 saturated carbocycles. The third-order valence-corrected chi connectivity index (χ3v) is 4.40. The lowest BCUT2D eigenvalue weighted by molar-refractivity contribution is -0.145. The number of aromatic amines is 1. The van der Waals surface area contributed by atoms with E-state index in [1.165, 1.54) is 13.5 Å². The number of rotatable bonds is 5. The molecule has 6 heteroatoms. The molecule has 2 aliphatic rings. The van der Waals surface area contributed by atoms with Crippen LogP contribution in [0, 0.1) is 17.8 Å². The summed E-state index contributed by atoms with van der Waals surface area (Å²) < 4.78 is 4.77. The van der Waals surface area contributed by atoms with Crippen molar-refractivity contribution in [2.45, 2.75) is 31.7 Å². The molecule has 1 aromatic rings. The number of nitrogens with one attached hydrogen (secondary N) is 2. The summed E-state index contributed by atoms with van der Waals surface area (Å²) in [6.45, 7) is 0. The molecule has 2 fully saturated rings. The highest BCUT2D eigenvalue weighted by Crippen LogP contribution is 2.54. The first-order chi connectivity index (χ1) is 9.67. The normalized spacial score (nSPS) is 28.6. The highest BCUT2D eigenvalue weighted by molar-refractivity contribution is 5.86. The van der Waals surface area contributed by atoms with Gasteiger partial charge in [0, 0.05) is 24.2 Å². The van der Waals surface area contributed by atoms with Crippen LogP contribution in [0.3, 0.4) is 0 Å². The van der Waals surface area contributed by atoms with Crippen molar-refractivity contribution < 1.29 is 14.3 Å². The third kappa shape index (κ3) is 2.69. The van der Waals surface area contributed by atoms with Crippen LogP contribution in [-0.2, 0) is 20.7 Å². The molecule has 2 unspecified atom stereocenters. The maximum absolute atomic E-state index is 12.2. The number of H-pyrrole nitrogens is 1. The quantitative estimate of drug-likeness (QED) is 0.774. The third-order valence-electron chi connectivity index (χ3n) is 4.40. The minimum absolute atomic E-state index is 0.0212. The molecule has 3 atom stereocenters. The fourth-order valence-corrected chi connectivity index (χ4v) is 3.17. The van der Waals surface area contributed by atoms with Gasteiger partial charge in [-0.1, -0.05) is 0 Å². The van der Waals surface area contributed by atoms with E-state index >= 15 is 0 Å². The first kappa shape index (κ1) is 13.1. The highest BCUT2D eigenvalue weighted by atomic mass is 16.5. The van der Waals surface area contributed by atoms with E-state index in [1.54, 1.807) is 12.5 Å². The van der Waals surface area contributed by atoms with Crippen LogP contribution >= 0.6 is 0 Å². The van der Waals surface area contributed by atoms with E-state index in [0.29, 0.717) is 6.42 Å². The van der Waals surface area contributed by atoms with E-state index in [9.17, 15) is 9.59 Å². The molecule has 1 amide bonds. The van der Waals surface area contributed by atoms with Gasteiger partial charge in [0.1, 0.15) is 6.04 Å². The number of amides is 1. The maximum atomic E-state index is 12.2. The predicted molar refractivity (Wildman–Crippen MR) is 70.6 cm³/mol. The summed E-state index contributed by atoms with van der Waals surface area (Å²) in [6, 6.07) is -0.648. The molecule has 2 aliphatic carbocycles. The van der Waals surface area contributed by atoms with Crippen molar-refractivity contribution in [1.82, 2.24) is 15.3 Å². The lowest BCUT2D eigenvalue weighted by Crippen LogP contribution is -2.45. The van der Waals surface area contributed by atoms with Crippen LogP contribution in [-0.4, -0.2) is 35.0 Å². The number of hydrogen-bond acceptors (Lipinski definition) is 4. The minimum Gasteiger partial charge on any atom is -0.467 e. The van der Waals surface area contributed by atoms with E-state index in [4.69, 9.17) is 4.74 Å². The largest absolute Gasteiger partial charge is 0.467 e. The number of aromatic nitrogens is 2. The Balaban J connectivity index is 1.60. The average molecular weight is 277 g/mol. The zero-order valence-electron chi connectivity index (χ0n) is 11.5. The molecule has 0 radical (unpaired) electrons. The summed E-state index contributed by atoms with van der Waals surface area (Å²) in [5.41, 5.74) is 0.801. The summed E-state index contributed by atoms with van der Waals surface area (Å²) >= 11 is 0. The Kier molecular flexibility index (Phi) is 3.46. The van der Waals surface area contributed by atoms with Crippen molar-refractivity contribution in [3.8, 4) is 0 Å². The first-order valence-corrected chi connectivity index (χ1v) is 7.03. The molecule has 0 aromatic carbocycles. The molecule has 20 heavy (non-hydrogen) atoms. The van der Waals surface area contributed by atoms with Gasteiger partial charge in [0.05, 0.1) is 13.4 Å². The molecule has 2 N–H and O–H groups in total. The van der Waals surface area contributed by atoms with Crippen LogP contribution in [0.25, 0.3) is 0 Å². The number of imidazole rings is 1. The summed E-state index contributed by atoms with van der Waals surface area (Å²) in [5, 5.41) is 2.83. The van der Waals surface area contributed by atoms with E-state index in [0.717, 1.165) is 30.4 Å². The molecule has 0 aliphatic heterocycles. The second-order valence-corrected chi connectivity index (χ2v) is 5.79. The van der Waals surface area contributed by atoms with Crippen LogP contribution in [0.15, 0.2) is 12.5 Å². The Morgan fingerprint density at radius 2 is 2.20 bits per heavy atom. The number of nitrogens with zero attached hydrogens (tertiary/aromatic N) is 1. The van der Waals surface area contributed by atoms with Crippen molar-refractivity contribution in [3.63, 3.8) is 0 Å². The smallest absolute Gasteiger partial charge is 0.328 e. The molecule has 1 aromatic heterocycles. The van der Waals surface area contributed by atoms with Crippen LogP contribution in [0.1, 0.15) is 25.0 Å². The molecule has 108 valence electrons. The van der Waals surface area contributed by atoms with Crippen molar-refractivity contribution in [2.24, 2.45) is 17.8 Å². The topological polar surface area (TPSA) is 84.1 Å². The fourth-order valence-electron chi connectivity index (χ4n) is 3.17. The van der Waals surface area contributed by atoms with Gasteiger partial charge in [-0.05, 0) is 31.1 Å². The number of carbonyl (C=O) groups excluding carboxylic acids is 2. The Bertz CT molecular complexity index is 490. The first-order valence-electron chi connectivity index (χ1n) is 7.03. The lowest BCUT2D eigenvalue weighted by atomic mass is 10.0. The number of fused-ring (bicyclic) bond motifs is 1. The number of ether oxygens (including phenoxy) is 1. The fraction of sp³-hybridized carbons (Fsp3) is 0.643. The van der Waals surface area contributed by atoms with Crippen LogP contribution < -0.4 is 5.32 Å². The lowest BCUT2D eigenvalue weighted by Gasteiger charge is -2.19. The van der Waals surface area contributed by atoms with Crippen molar-refractivity contribution in [1.29, 1.82) is 0 Å². The molecule has 0 spiro atoms. The minimum atomic E-state index is -0.648. The van der Waals surface area contributed by atoms with Gasteiger partial charge in [0.25, 0.3) is 0 Å². The summed E-state index contributed by atoms with van der Waals surface area (Å²) in [6.07, 6.45) is 6.78. The molecule has 3 rings (SSSR count). The average Bonchev–Trinajstić information content (AvgIpc) is 2.87. The van der Waals surface area contributed by atoms with Gasteiger partial charge < -0.3 is 15.0 Å². The van der Waals surface area contributed by atoms with E-state index in [2.05, 4.69) is 15.3 Å². The van der Waals surface area contributed by atoms with Crippen molar-refractivity contribution in [2.75, 3.05) is 7.11 Å². The molecular formula is C14H19N3O3. The van der Waals surface area contributed by atoms with E-state index < -0.39 is 12.0 Å². The van der Waals surface area contributed by atoms with Crippen LogP contribution in [0.2, 0.25) is 0 Å². The summed E-state index contributed by atoms with van der Waals surface area (Å²) in [7, 11) is 1.33. The predicted octanol–water partition coefficient (Wildman–Crippen LogP) is 0.656. The Morgan fingerprint density at radius 3 is 2.80 bits per heavy atom. The highest BCUT2D eigenvalue weighted by Gasteiger charge is 2.48. The van der Waals surface area contributed by atoms with Crippen molar-refractivity contribution in [3.05, 3.63) is 18.2 Å². The number of methoxy groups -OCH3 is 1. The number of esters is 1. The van der Waals surface area contributed by atoms with Gasteiger partial charge in [-0.25, -0.2) is 9.78 Å². The van der Waals surface area contributed by atoms with Gasteiger partial charge >= 0.3 is 5.97 Å². The number of carbonyl (C=O) groups is 2. The summed E-state index contributed by atoms with van der Waals surface area (Å²) in [4.78, 5) is 30.9. The zero-order valence-corrected chi connectivity index (χ0v) is 11.5. The molecule has 6 nitrogen and oxygen atoms in total. The summed E-state index contributed by atoms with van der Waals surface area (Å²) in [5.74, 6) is 1.11. The monoisotopic (exact) mass is 277 g/mol. The Morgan fingerprint density at radius 1 is 1.45 bits per heavy atom. The van der Waals surface area contributed by atoms with Crippen molar-refractivity contribution >= 4 is 11.9 Å². The second-order valence-electron chi connectivity index (χ2n) is 5.79. The number of hydrogen-bond donors (Lipinski definition) is 2. The maximum Gasteiger partial charge on any atom is 0.328 e. The van der Waals surface area contributed by atoms with Crippen LogP contribution in [0.4, 0.5) is 0 Å². The van der Waals surface area contributed by atoms with Gasteiger partial charge in [-0.3, -0.25) is 4.79 Å². The standard InChI is InChI=1S/C14H19N3O3/c1-20-14(19)12(5-11-6-15-7-16-11)17-13(18)10-3-8-2-9(8)4-10/h6-10,12H,2-5H2,1H3,(H,15,16)(H,17,18)/t8?,9?,10?,12-/m0/s1. The van der Waals surface area contributed by atoms with E-state index in [1.807, 2.05) is 0 Å². The molecular weight excluding hydrogens is 258 g/mol. The Hall–Kier alpha value is -1.85. The molecule has 0 bridgehead atoms. The van der Waals surface area contributed by atoms with Gasteiger partial charge in [0.15, 0.2) is 0 Å². The van der Waals surface area contributed by atoms with E-state index in [-0.39, 0.29) is 11.8 Å². The van der Waals surface area contributed by atoms with Gasteiger partial charge in [-0.2, -0.15) is 0 Å².